The van der Waals surface area contributed by atoms with E-state index < -0.39 is 10.0 Å². The van der Waals surface area contributed by atoms with E-state index in [2.05, 4.69) is 4.90 Å². The molecule has 0 amide bonds. The average molecular weight is 278 g/mol. The molecule has 3 rings (SSSR count). The molecular formula is C14H18N2O2S. The van der Waals surface area contributed by atoms with E-state index >= 15 is 0 Å². The minimum Gasteiger partial charge on any atom is -0.300 e. The lowest BCUT2D eigenvalue weighted by atomic mass is 10.2. The van der Waals surface area contributed by atoms with E-state index in [4.69, 9.17) is 0 Å². The second-order valence-electron chi connectivity index (χ2n) is 5.11. The summed E-state index contributed by atoms with van der Waals surface area (Å²) < 4.78 is 26.4. The van der Waals surface area contributed by atoms with E-state index in [1.54, 1.807) is 10.4 Å². The van der Waals surface area contributed by atoms with Gasteiger partial charge in [0.05, 0.1) is 0 Å². The van der Waals surface area contributed by atoms with Crippen LogP contribution in [0.4, 0.5) is 0 Å². The van der Waals surface area contributed by atoms with Crippen LogP contribution in [0.5, 0.6) is 0 Å². The van der Waals surface area contributed by atoms with Gasteiger partial charge in [-0.2, -0.15) is 4.31 Å². The lowest BCUT2D eigenvalue weighted by Gasteiger charge is -2.32. The summed E-state index contributed by atoms with van der Waals surface area (Å²) >= 11 is 0. The van der Waals surface area contributed by atoms with Crippen molar-refractivity contribution in [1.82, 2.24) is 9.21 Å². The van der Waals surface area contributed by atoms with Crippen LogP contribution in [0.2, 0.25) is 0 Å². The molecule has 2 fully saturated rings. The molecule has 0 radical (unpaired) electrons. The largest absolute Gasteiger partial charge is 0.300 e. The Morgan fingerprint density at radius 3 is 2.68 bits per heavy atom. The van der Waals surface area contributed by atoms with Crippen LogP contribution in [-0.4, -0.2) is 49.8 Å². The predicted octanol–water partition coefficient (Wildman–Crippen LogP) is 1.38. The molecule has 4 nitrogen and oxygen atoms in total. The van der Waals surface area contributed by atoms with E-state index in [0.717, 1.165) is 31.6 Å². The maximum Gasteiger partial charge on any atom is 0.236 e. The molecule has 19 heavy (non-hydrogen) atoms. The molecule has 102 valence electrons. The van der Waals surface area contributed by atoms with Gasteiger partial charge in [-0.05, 0) is 24.6 Å². The molecule has 1 aromatic rings. The third-order valence-electron chi connectivity index (χ3n) is 3.85. The first-order chi connectivity index (χ1) is 9.15. The van der Waals surface area contributed by atoms with Crippen molar-refractivity contribution in [2.75, 3.05) is 26.2 Å². The van der Waals surface area contributed by atoms with Gasteiger partial charge in [-0.1, -0.05) is 30.3 Å². The van der Waals surface area contributed by atoms with Crippen molar-refractivity contribution in [1.29, 1.82) is 0 Å². The van der Waals surface area contributed by atoms with Crippen LogP contribution in [0.25, 0.3) is 6.08 Å². The number of fused-ring (bicyclic) bond motifs is 2. The normalized spacial score (nSPS) is 28.0. The van der Waals surface area contributed by atoms with Crippen LogP contribution in [-0.2, 0) is 10.0 Å². The summed E-state index contributed by atoms with van der Waals surface area (Å²) in [5, 5.41) is 1.34. The van der Waals surface area contributed by atoms with E-state index in [-0.39, 0.29) is 6.04 Å². The molecular weight excluding hydrogens is 260 g/mol. The van der Waals surface area contributed by atoms with Crippen LogP contribution in [0.3, 0.4) is 0 Å². The Kier molecular flexibility index (Phi) is 3.43. The van der Waals surface area contributed by atoms with Crippen molar-refractivity contribution >= 4 is 16.1 Å². The minimum atomic E-state index is -3.29. The Bertz CT molecular complexity index is 568. The first-order valence-corrected chi connectivity index (χ1v) is 8.13. The highest BCUT2D eigenvalue weighted by Gasteiger charge is 2.37. The van der Waals surface area contributed by atoms with E-state index in [1.807, 2.05) is 30.3 Å². The van der Waals surface area contributed by atoms with Gasteiger partial charge in [-0.15, -0.1) is 0 Å². The molecule has 0 N–H and O–H groups in total. The van der Waals surface area contributed by atoms with Gasteiger partial charge in [0.1, 0.15) is 0 Å². The van der Waals surface area contributed by atoms with Crippen LogP contribution in [0, 0.1) is 0 Å². The highest BCUT2D eigenvalue weighted by molar-refractivity contribution is 7.92. The molecule has 2 saturated heterocycles. The highest BCUT2D eigenvalue weighted by atomic mass is 32.2. The SMILES string of the molecule is O=S(=O)(/C=C/c1ccccc1)N1CCN2CCC1C2. The van der Waals surface area contributed by atoms with E-state index in [9.17, 15) is 8.42 Å². The molecule has 5 heteroatoms. The van der Waals surface area contributed by atoms with Gasteiger partial charge in [-0.3, -0.25) is 0 Å². The smallest absolute Gasteiger partial charge is 0.236 e. The molecule has 2 bridgehead atoms. The number of hydrogen-bond acceptors (Lipinski definition) is 3. The zero-order valence-electron chi connectivity index (χ0n) is 10.8. The van der Waals surface area contributed by atoms with Gasteiger partial charge >= 0.3 is 0 Å². The Morgan fingerprint density at radius 2 is 1.89 bits per heavy atom. The number of sulfonamides is 1. The second kappa shape index (κ2) is 5.07. The zero-order chi connectivity index (χ0) is 13.3. The van der Waals surface area contributed by atoms with E-state index in [0.29, 0.717) is 6.54 Å². The van der Waals surface area contributed by atoms with Gasteiger partial charge in [0.15, 0.2) is 0 Å². The highest BCUT2D eigenvalue weighted by Crippen LogP contribution is 2.24. The monoisotopic (exact) mass is 278 g/mol. The first-order valence-electron chi connectivity index (χ1n) is 6.62. The molecule has 2 atom stereocenters. The summed E-state index contributed by atoms with van der Waals surface area (Å²) in [4.78, 5) is 2.33. The average Bonchev–Trinajstić information content (AvgIpc) is 2.78. The Morgan fingerprint density at radius 1 is 1.11 bits per heavy atom. The van der Waals surface area contributed by atoms with Crippen molar-refractivity contribution < 1.29 is 8.42 Å². The van der Waals surface area contributed by atoms with E-state index in [1.165, 1.54) is 5.41 Å². The summed E-state index contributed by atoms with van der Waals surface area (Å²) in [6.07, 6.45) is 2.63. The summed E-state index contributed by atoms with van der Waals surface area (Å²) in [6, 6.07) is 9.70. The number of benzene rings is 1. The number of rotatable bonds is 3. The number of piperazine rings is 1. The van der Waals surface area contributed by atoms with Gasteiger partial charge in [-0.25, -0.2) is 8.42 Å². The lowest BCUT2D eigenvalue weighted by Crippen LogP contribution is -2.48. The van der Waals surface area contributed by atoms with Gasteiger partial charge in [0, 0.05) is 31.1 Å². The summed E-state index contributed by atoms with van der Waals surface area (Å²) in [6.45, 7) is 3.39. The first kappa shape index (κ1) is 12.8. The fraction of sp³-hybridized carbons (Fsp3) is 0.429. The molecule has 0 saturated carbocycles. The molecule has 1 aromatic carbocycles. The Balaban J connectivity index is 1.77. The topological polar surface area (TPSA) is 40.6 Å². The number of nitrogens with zero attached hydrogens (tertiary/aromatic N) is 2. The molecule has 0 aromatic heterocycles. The minimum absolute atomic E-state index is 0.166. The standard InChI is InChI=1S/C14H18N2O2S/c17-19(18,11-7-13-4-2-1-3-5-13)16-10-9-15-8-6-14(16)12-15/h1-5,7,11,14H,6,8-10,12H2/b11-7+. The molecule has 2 unspecified atom stereocenters. The lowest BCUT2D eigenvalue weighted by molar-refractivity contribution is 0.215. The van der Waals surface area contributed by atoms with Gasteiger partial charge in [0.25, 0.3) is 0 Å². The molecule has 2 aliphatic heterocycles. The van der Waals surface area contributed by atoms with Crippen molar-refractivity contribution in [2.24, 2.45) is 0 Å². The summed E-state index contributed by atoms with van der Waals surface area (Å²) in [5.74, 6) is 0. The Labute approximate surface area is 114 Å². The molecule has 0 aliphatic carbocycles. The van der Waals surface area contributed by atoms with Crippen LogP contribution in [0.1, 0.15) is 12.0 Å². The fourth-order valence-electron chi connectivity index (χ4n) is 2.81. The van der Waals surface area contributed by atoms with Crippen LogP contribution >= 0.6 is 0 Å². The fourth-order valence-corrected chi connectivity index (χ4v) is 4.22. The molecule has 0 spiro atoms. The third kappa shape index (κ3) is 2.73. The quantitative estimate of drug-likeness (QED) is 0.838. The summed E-state index contributed by atoms with van der Waals surface area (Å²) in [5.41, 5.74) is 0.913. The molecule has 2 aliphatic rings. The number of hydrogen-bond donors (Lipinski definition) is 0. The Hall–Kier alpha value is -1.17. The second-order valence-corrected chi connectivity index (χ2v) is 6.88. The van der Waals surface area contributed by atoms with Gasteiger partial charge < -0.3 is 4.90 Å². The zero-order valence-corrected chi connectivity index (χ0v) is 11.6. The third-order valence-corrected chi connectivity index (χ3v) is 5.46. The van der Waals surface area contributed by atoms with Crippen molar-refractivity contribution in [2.45, 2.75) is 12.5 Å². The molecule has 2 heterocycles. The van der Waals surface area contributed by atoms with Gasteiger partial charge in [0.2, 0.25) is 10.0 Å². The van der Waals surface area contributed by atoms with Crippen molar-refractivity contribution in [3.63, 3.8) is 0 Å². The van der Waals surface area contributed by atoms with Crippen LogP contribution in [0.15, 0.2) is 35.7 Å². The summed E-state index contributed by atoms with van der Waals surface area (Å²) in [7, 11) is -3.29. The van der Waals surface area contributed by atoms with Crippen molar-refractivity contribution in [3.8, 4) is 0 Å². The predicted molar refractivity (Wildman–Crippen MR) is 75.9 cm³/mol. The maximum absolute atomic E-state index is 12.4. The maximum atomic E-state index is 12.4. The van der Waals surface area contributed by atoms with Crippen LogP contribution < -0.4 is 0 Å². The van der Waals surface area contributed by atoms with Crippen molar-refractivity contribution in [3.05, 3.63) is 41.3 Å².